The molecule has 0 spiro atoms. The van der Waals surface area contributed by atoms with Crippen LogP contribution in [0.25, 0.3) is 17.7 Å². The molecule has 0 atom stereocenters. The normalized spacial score (nSPS) is 11.0. The van der Waals surface area contributed by atoms with Gasteiger partial charge in [-0.3, -0.25) is 10.1 Å². The summed E-state index contributed by atoms with van der Waals surface area (Å²) in [5.41, 5.74) is 0.732. The van der Waals surface area contributed by atoms with Crippen LogP contribution in [0.1, 0.15) is 5.56 Å². The van der Waals surface area contributed by atoms with Gasteiger partial charge < -0.3 is 8.83 Å². The van der Waals surface area contributed by atoms with E-state index < -0.39 is 5.91 Å². The Bertz CT molecular complexity index is 872. The molecule has 0 aliphatic rings. The number of benzene rings is 1. The first-order valence-electron chi connectivity index (χ1n) is 6.44. The van der Waals surface area contributed by atoms with E-state index in [1.165, 1.54) is 6.08 Å². The van der Waals surface area contributed by atoms with Crippen molar-refractivity contribution in [3.05, 3.63) is 57.7 Å². The molecule has 0 saturated carbocycles. The molecule has 23 heavy (non-hydrogen) atoms. The number of aromatic nitrogens is 2. The molecule has 0 aliphatic heterocycles. The number of anilines is 1. The predicted octanol–water partition coefficient (Wildman–Crippen LogP) is 4.40. The molecule has 2 heterocycles. The van der Waals surface area contributed by atoms with Crippen LogP contribution >= 0.6 is 27.5 Å². The Morgan fingerprint density at radius 1 is 1.17 bits per heavy atom. The second kappa shape index (κ2) is 6.80. The highest BCUT2D eigenvalue weighted by Gasteiger charge is 2.13. The maximum atomic E-state index is 11.8. The molecule has 1 N–H and O–H groups in total. The zero-order valence-corrected chi connectivity index (χ0v) is 13.8. The van der Waals surface area contributed by atoms with Crippen LogP contribution < -0.4 is 5.32 Å². The molecule has 3 aromatic rings. The summed E-state index contributed by atoms with van der Waals surface area (Å²) < 4.78 is 11.1. The Morgan fingerprint density at radius 3 is 2.74 bits per heavy atom. The minimum Gasteiger partial charge on any atom is -0.444 e. The van der Waals surface area contributed by atoms with E-state index in [1.54, 1.807) is 30.3 Å². The fourth-order valence-electron chi connectivity index (χ4n) is 1.73. The van der Waals surface area contributed by atoms with E-state index in [9.17, 15) is 4.79 Å². The Balaban J connectivity index is 1.67. The highest BCUT2D eigenvalue weighted by molar-refractivity contribution is 9.10. The molecular formula is C15H9BrClN3O3. The number of rotatable bonds is 4. The van der Waals surface area contributed by atoms with Gasteiger partial charge in [-0.05, 0) is 45.8 Å². The topological polar surface area (TPSA) is 81.2 Å². The zero-order valence-electron chi connectivity index (χ0n) is 11.5. The molecule has 8 heteroatoms. The van der Waals surface area contributed by atoms with Crippen molar-refractivity contribution < 1.29 is 13.6 Å². The molecule has 0 radical (unpaired) electrons. The number of halogens is 2. The largest absolute Gasteiger partial charge is 0.444 e. The van der Waals surface area contributed by atoms with Crippen LogP contribution in [-0.4, -0.2) is 16.1 Å². The van der Waals surface area contributed by atoms with Crippen molar-refractivity contribution >= 4 is 45.5 Å². The van der Waals surface area contributed by atoms with Gasteiger partial charge in [0.15, 0.2) is 10.4 Å². The van der Waals surface area contributed by atoms with Gasteiger partial charge in [-0.1, -0.05) is 34.9 Å². The lowest BCUT2D eigenvalue weighted by molar-refractivity contribution is -0.112. The number of carbonyl (C=O) groups excluding carboxylic acids is 1. The van der Waals surface area contributed by atoms with Crippen molar-refractivity contribution in [3.63, 3.8) is 0 Å². The van der Waals surface area contributed by atoms with E-state index in [0.29, 0.717) is 15.5 Å². The molecule has 0 bridgehead atoms. The molecule has 0 saturated heterocycles. The molecule has 1 aromatic carbocycles. The van der Waals surface area contributed by atoms with Crippen molar-refractivity contribution in [2.24, 2.45) is 0 Å². The van der Waals surface area contributed by atoms with E-state index in [2.05, 4.69) is 31.4 Å². The van der Waals surface area contributed by atoms with E-state index in [0.717, 1.165) is 5.56 Å². The summed E-state index contributed by atoms with van der Waals surface area (Å²) >= 11 is 9.18. The lowest BCUT2D eigenvalue weighted by Crippen LogP contribution is -2.07. The van der Waals surface area contributed by atoms with Crippen LogP contribution in [0.3, 0.4) is 0 Å². The van der Waals surface area contributed by atoms with Crippen molar-refractivity contribution in [3.8, 4) is 11.7 Å². The molecule has 6 nitrogen and oxygen atoms in total. The molecule has 116 valence electrons. The first-order valence-corrected chi connectivity index (χ1v) is 7.62. The van der Waals surface area contributed by atoms with E-state index in [4.69, 9.17) is 20.4 Å². The maximum Gasteiger partial charge on any atom is 0.322 e. The lowest BCUT2D eigenvalue weighted by Gasteiger charge is -1.97. The standard InChI is InChI=1S/C15H9BrClN3O3/c16-12-7-6-11(22-12)14-19-20-15(23-14)18-13(21)8-5-9-3-1-2-4-10(9)17/h1-8H,(H,18,20,21). The quantitative estimate of drug-likeness (QED) is 0.663. The van der Waals surface area contributed by atoms with Gasteiger partial charge in [0.1, 0.15) is 0 Å². The summed E-state index contributed by atoms with van der Waals surface area (Å²) in [5.74, 6) is 0.151. The van der Waals surface area contributed by atoms with Crippen molar-refractivity contribution in [2.45, 2.75) is 0 Å². The molecular weight excluding hydrogens is 386 g/mol. The van der Waals surface area contributed by atoms with Crippen molar-refractivity contribution in [1.29, 1.82) is 0 Å². The molecule has 1 amide bonds. The first-order chi connectivity index (χ1) is 11.1. The fraction of sp³-hybridized carbons (Fsp3) is 0. The van der Waals surface area contributed by atoms with Crippen LogP contribution in [0, 0.1) is 0 Å². The first kappa shape index (κ1) is 15.5. The third-order valence-electron chi connectivity index (χ3n) is 2.76. The number of furan rings is 1. The van der Waals surface area contributed by atoms with Crippen LogP contribution in [0.4, 0.5) is 6.01 Å². The van der Waals surface area contributed by atoms with Gasteiger partial charge in [0.05, 0.1) is 0 Å². The Morgan fingerprint density at radius 2 is 2.00 bits per heavy atom. The molecule has 3 rings (SSSR count). The summed E-state index contributed by atoms with van der Waals surface area (Å²) in [6.07, 6.45) is 2.92. The Hall–Kier alpha value is -2.38. The third-order valence-corrected chi connectivity index (χ3v) is 3.53. The third kappa shape index (κ3) is 3.88. The number of nitrogens with one attached hydrogen (secondary N) is 1. The van der Waals surface area contributed by atoms with Crippen molar-refractivity contribution in [2.75, 3.05) is 5.32 Å². The van der Waals surface area contributed by atoms with Gasteiger partial charge in [-0.25, -0.2) is 0 Å². The van der Waals surface area contributed by atoms with Crippen molar-refractivity contribution in [1.82, 2.24) is 10.2 Å². The second-order valence-electron chi connectivity index (χ2n) is 4.36. The van der Waals surface area contributed by atoms with Crippen LogP contribution in [0.5, 0.6) is 0 Å². The van der Waals surface area contributed by atoms with E-state index >= 15 is 0 Å². The average Bonchev–Trinajstić information content (AvgIpc) is 3.15. The van der Waals surface area contributed by atoms with Crippen LogP contribution in [-0.2, 0) is 4.79 Å². The summed E-state index contributed by atoms with van der Waals surface area (Å²) in [5, 5.41) is 10.5. The Labute approximate surface area is 144 Å². The van der Waals surface area contributed by atoms with Crippen LogP contribution in [0.15, 0.2) is 56.0 Å². The fourth-order valence-corrected chi connectivity index (χ4v) is 2.23. The van der Waals surface area contributed by atoms with Gasteiger partial charge in [-0.15, -0.1) is 5.10 Å². The van der Waals surface area contributed by atoms with E-state index in [-0.39, 0.29) is 11.9 Å². The summed E-state index contributed by atoms with van der Waals surface area (Å²) in [6, 6.07) is 10.5. The highest BCUT2D eigenvalue weighted by atomic mass is 79.9. The lowest BCUT2D eigenvalue weighted by atomic mass is 10.2. The molecule has 2 aromatic heterocycles. The zero-order chi connectivity index (χ0) is 16.2. The number of hydrogen-bond acceptors (Lipinski definition) is 5. The SMILES string of the molecule is O=C(C=Cc1ccccc1Cl)Nc1nnc(-c2ccc(Br)o2)o1. The summed E-state index contributed by atoms with van der Waals surface area (Å²) in [4.78, 5) is 11.8. The summed E-state index contributed by atoms with van der Waals surface area (Å²) in [7, 11) is 0. The number of nitrogens with zero attached hydrogens (tertiary/aromatic N) is 2. The van der Waals surface area contributed by atoms with E-state index in [1.807, 2.05) is 12.1 Å². The van der Waals surface area contributed by atoms with Gasteiger partial charge in [0.25, 0.3) is 11.8 Å². The number of hydrogen-bond donors (Lipinski definition) is 1. The average molecular weight is 395 g/mol. The minimum absolute atomic E-state index is 0.0265. The molecule has 0 aliphatic carbocycles. The highest BCUT2D eigenvalue weighted by Crippen LogP contribution is 2.24. The summed E-state index contributed by atoms with van der Waals surface area (Å²) in [6.45, 7) is 0. The molecule has 0 unspecified atom stereocenters. The van der Waals surface area contributed by atoms with Gasteiger partial charge in [-0.2, -0.15) is 0 Å². The van der Waals surface area contributed by atoms with Gasteiger partial charge in [0.2, 0.25) is 0 Å². The predicted molar refractivity (Wildman–Crippen MR) is 88.8 cm³/mol. The van der Waals surface area contributed by atoms with Crippen LogP contribution in [0.2, 0.25) is 5.02 Å². The van der Waals surface area contributed by atoms with Gasteiger partial charge >= 0.3 is 6.01 Å². The second-order valence-corrected chi connectivity index (χ2v) is 5.55. The Kier molecular flexibility index (Phi) is 4.59. The maximum absolute atomic E-state index is 11.8. The number of amides is 1. The van der Waals surface area contributed by atoms with Gasteiger partial charge in [0, 0.05) is 11.1 Å². The number of carbonyl (C=O) groups is 1. The monoisotopic (exact) mass is 393 g/mol. The minimum atomic E-state index is -0.416. The molecule has 0 fully saturated rings. The smallest absolute Gasteiger partial charge is 0.322 e.